The molecule has 1 aromatic carbocycles. The van der Waals surface area contributed by atoms with Crippen LogP contribution in [0.3, 0.4) is 0 Å². The first kappa shape index (κ1) is 14.6. The minimum absolute atomic E-state index is 0.0146. The molecule has 2 rings (SSSR count). The van der Waals surface area contributed by atoms with Gasteiger partial charge in [0.1, 0.15) is 0 Å². The van der Waals surface area contributed by atoms with Crippen molar-refractivity contribution in [2.45, 2.75) is 31.8 Å². The number of nitrogens with one attached hydrogen (secondary N) is 1. The van der Waals surface area contributed by atoms with E-state index in [1.54, 1.807) is 0 Å². The van der Waals surface area contributed by atoms with Crippen LogP contribution in [0.15, 0.2) is 41.9 Å². The van der Waals surface area contributed by atoms with Gasteiger partial charge in [-0.25, -0.2) is 0 Å². The van der Waals surface area contributed by atoms with Gasteiger partial charge in [-0.2, -0.15) is 0 Å². The van der Waals surface area contributed by atoms with Crippen LogP contribution < -0.4 is 5.32 Å². The van der Waals surface area contributed by atoms with Crippen molar-refractivity contribution in [2.24, 2.45) is 0 Å². The first-order valence-corrected chi connectivity index (χ1v) is 7.31. The topological polar surface area (TPSA) is 15.3 Å². The molecule has 0 saturated carbocycles. The van der Waals surface area contributed by atoms with E-state index in [0.29, 0.717) is 6.04 Å². The van der Waals surface area contributed by atoms with Crippen molar-refractivity contribution in [3.63, 3.8) is 0 Å². The van der Waals surface area contributed by atoms with E-state index in [1.165, 1.54) is 5.56 Å². The van der Waals surface area contributed by atoms with Gasteiger partial charge in [0.2, 0.25) is 0 Å². The number of hydrogen-bond acceptors (Lipinski definition) is 2. The minimum atomic E-state index is -0.0146. The second kappa shape index (κ2) is 6.08. The fourth-order valence-corrected chi connectivity index (χ4v) is 3.02. The van der Waals surface area contributed by atoms with Gasteiger partial charge in [-0.1, -0.05) is 55.4 Å². The molecule has 1 saturated heterocycles. The van der Waals surface area contributed by atoms with Crippen molar-refractivity contribution in [1.29, 1.82) is 0 Å². The molecular weight excluding hydrogens is 256 g/mol. The zero-order valence-corrected chi connectivity index (χ0v) is 12.6. The van der Waals surface area contributed by atoms with Crippen LogP contribution in [-0.2, 0) is 5.54 Å². The quantitative estimate of drug-likeness (QED) is 0.909. The summed E-state index contributed by atoms with van der Waals surface area (Å²) in [5.41, 5.74) is 1.31. The number of hydrogen-bond donors (Lipinski definition) is 1. The number of nitrogens with zero attached hydrogens (tertiary/aromatic N) is 1. The molecule has 0 amide bonds. The molecule has 0 bridgehead atoms. The van der Waals surface area contributed by atoms with E-state index in [0.717, 1.165) is 31.1 Å². The van der Waals surface area contributed by atoms with E-state index in [-0.39, 0.29) is 5.54 Å². The molecule has 1 aliphatic heterocycles. The van der Waals surface area contributed by atoms with Crippen LogP contribution in [0, 0.1) is 0 Å². The molecule has 1 heterocycles. The van der Waals surface area contributed by atoms with Gasteiger partial charge in [0.05, 0.1) is 5.54 Å². The Morgan fingerprint density at radius 3 is 2.74 bits per heavy atom. The molecule has 2 unspecified atom stereocenters. The van der Waals surface area contributed by atoms with Crippen molar-refractivity contribution >= 4 is 11.6 Å². The Bertz CT molecular complexity index is 432. The Morgan fingerprint density at radius 2 is 2.16 bits per heavy atom. The minimum Gasteiger partial charge on any atom is -0.305 e. The normalized spacial score (nSPS) is 28.3. The Hall–Kier alpha value is -0.830. The lowest BCUT2D eigenvalue weighted by Gasteiger charge is -2.46. The molecule has 0 aliphatic carbocycles. The SMILES string of the molecule is C=C(Cl)CN1CC(C)(c2ccccc2)NCC1CC. The Labute approximate surface area is 121 Å². The molecule has 1 aliphatic rings. The monoisotopic (exact) mass is 278 g/mol. The maximum atomic E-state index is 6.02. The van der Waals surface area contributed by atoms with Gasteiger partial charge in [-0.05, 0) is 18.9 Å². The molecule has 1 aromatic rings. The Morgan fingerprint density at radius 1 is 1.47 bits per heavy atom. The van der Waals surface area contributed by atoms with Crippen LogP contribution in [0.2, 0.25) is 0 Å². The van der Waals surface area contributed by atoms with Gasteiger partial charge < -0.3 is 5.32 Å². The van der Waals surface area contributed by atoms with Gasteiger partial charge in [-0.3, -0.25) is 4.90 Å². The van der Waals surface area contributed by atoms with E-state index < -0.39 is 0 Å². The summed E-state index contributed by atoms with van der Waals surface area (Å²) in [5.74, 6) is 0. The summed E-state index contributed by atoms with van der Waals surface area (Å²) in [6.07, 6.45) is 1.13. The predicted octanol–water partition coefficient (Wildman–Crippen LogP) is 3.34. The highest BCUT2D eigenvalue weighted by atomic mass is 35.5. The lowest BCUT2D eigenvalue weighted by atomic mass is 9.88. The average Bonchev–Trinajstić information content (AvgIpc) is 2.39. The second-order valence-corrected chi connectivity index (χ2v) is 6.10. The highest BCUT2D eigenvalue weighted by Crippen LogP contribution is 2.27. The number of piperazine rings is 1. The molecule has 3 heteroatoms. The smallest absolute Gasteiger partial charge is 0.0535 e. The lowest BCUT2D eigenvalue weighted by molar-refractivity contribution is 0.0939. The highest BCUT2D eigenvalue weighted by molar-refractivity contribution is 6.29. The molecule has 1 N–H and O–H groups in total. The summed E-state index contributed by atoms with van der Waals surface area (Å²) < 4.78 is 0. The number of benzene rings is 1. The van der Waals surface area contributed by atoms with Crippen LogP contribution in [0.5, 0.6) is 0 Å². The van der Waals surface area contributed by atoms with E-state index in [9.17, 15) is 0 Å². The van der Waals surface area contributed by atoms with Gasteiger partial charge in [0.15, 0.2) is 0 Å². The summed E-state index contributed by atoms with van der Waals surface area (Å²) in [7, 11) is 0. The maximum Gasteiger partial charge on any atom is 0.0535 e. The van der Waals surface area contributed by atoms with Crippen LogP contribution in [0.25, 0.3) is 0 Å². The van der Waals surface area contributed by atoms with Crippen LogP contribution in [0.1, 0.15) is 25.8 Å². The van der Waals surface area contributed by atoms with E-state index in [1.807, 2.05) is 0 Å². The number of halogens is 1. The third-order valence-electron chi connectivity index (χ3n) is 4.02. The maximum absolute atomic E-state index is 6.02. The fraction of sp³-hybridized carbons (Fsp3) is 0.500. The van der Waals surface area contributed by atoms with Crippen molar-refractivity contribution < 1.29 is 0 Å². The molecule has 0 radical (unpaired) electrons. The van der Waals surface area contributed by atoms with Gasteiger partial charge in [-0.15, -0.1) is 0 Å². The van der Waals surface area contributed by atoms with E-state index >= 15 is 0 Å². The standard InChI is InChI=1S/C16H23ClN2/c1-4-15-10-18-16(3,12-19(15)11-13(2)17)14-8-6-5-7-9-14/h5-9,15,18H,2,4,10-12H2,1,3H3. The summed E-state index contributed by atoms with van der Waals surface area (Å²) in [5, 5.41) is 4.42. The number of rotatable bonds is 4. The summed E-state index contributed by atoms with van der Waals surface area (Å²) in [6, 6.07) is 11.2. The first-order valence-electron chi connectivity index (χ1n) is 6.93. The molecule has 104 valence electrons. The molecular formula is C16H23ClN2. The van der Waals surface area contributed by atoms with Gasteiger partial charge in [0, 0.05) is 30.7 Å². The van der Waals surface area contributed by atoms with Crippen molar-refractivity contribution in [3.05, 3.63) is 47.5 Å². The average molecular weight is 279 g/mol. The highest BCUT2D eigenvalue weighted by Gasteiger charge is 2.36. The molecule has 2 nitrogen and oxygen atoms in total. The zero-order valence-electron chi connectivity index (χ0n) is 11.8. The Balaban J connectivity index is 2.18. The van der Waals surface area contributed by atoms with Crippen molar-refractivity contribution in [3.8, 4) is 0 Å². The molecule has 0 aromatic heterocycles. The van der Waals surface area contributed by atoms with Crippen LogP contribution >= 0.6 is 11.6 Å². The lowest BCUT2D eigenvalue weighted by Crippen LogP contribution is -2.61. The molecule has 2 atom stereocenters. The molecule has 0 spiro atoms. The zero-order chi connectivity index (χ0) is 13.9. The van der Waals surface area contributed by atoms with Crippen molar-refractivity contribution in [2.75, 3.05) is 19.6 Å². The molecule has 1 fully saturated rings. The summed E-state index contributed by atoms with van der Waals surface area (Å²) in [6.45, 7) is 11.0. The molecule has 19 heavy (non-hydrogen) atoms. The summed E-state index contributed by atoms with van der Waals surface area (Å²) in [4.78, 5) is 2.44. The second-order valence-electron chi connectivity index (χ2n) is 5.56. The van der Waals surface area contributed by atoms with E-state index in [2.05, 4.69) is 61.0 Å². The summed E-state index contributed by atoms with van der Waals surface area (Å²) >= 11 is 6.02. The van der Waals surface area contributed by atoms with E-state index in [4.69, 9.17) is 11.6 Å². The predicted molar refractivity (Wildman–Crippen MR) is 82.4 cm³/mol. The third-order valence-corrected chi connectivity index (χ3v) is 4.14. The Kier molecular flexibility index (Phi) is 4.67. The largest absolute Gasteiger partial charge is 0.305 e. The van der Waals surface area contributed by atoms with Gasteiger partial charge in [0.25, 0.3) is 0 Å². The first-order chi connectivity index (χ1) is 9.05. The van der Waals surface area contributed by atoms with Crippen LogP contribution in [-0.4, -0.2) is 30.6 Å². The fourth-order valence-electron chi connectivity index (χ4n) is 2.87. The third kappa shape index (κ3) is 3.38. The van der Waals surface area contributed by atoms with Crippen LogP contribution in [0.4, 0.5) is 0 Å². The van der Waals surface area contributed by atoms with Crippen molar-refractivity contribution in [1.82, 2.24) is 10.2 Å². The van der Waals surface area contributed by atoms with Gasteiger partial charge >= 0.3 is 0 Å².